The largest absolute Gasteiger partial charge is 0.491 e. The first kappa shape index (κ1) is 15.6. The van der Waals surface area contributed by atoms with Gasteiger partial charge in [0, 0.05) is 13.2 Å². The molecular weight excluding hydrogens is 268 g/mol. The number of carbonyl (C=O) groups excluding carboxylic acids is 1. The molecule has 0 saturated heterocycles. The van der Waals surface area contributed by atoms with Crippen LogP contribution in [0.3, 0.4) is 0 Å². The van der Waals surface area contributed by atoms with Gasteiger partial charge in [0.2, 0.25) is 5.91 Å². The number of amides is 1. The van der Waals surface area contributed by atoms with Gasteiger partial charge in [0.1, 0.15) is 5.75 Å². The van der Waals surface area contributed by atoms with Crippen molar-refractivity contribution in [1.29, 1.82) is 0 Å². The van der Waals surface area contributed by atoms with E-state index in [1.807, 2.05) is 24.3 Å². The van der Waals surface area contributed by atoms with Gasteiger partial charge >= 0.3 is 0 Å². The van der Waals surface area contributed by atoms with Gasteiger partial charge in [0.25, 0.3) is 0 Å². The highest BCUT2D eigenvalue weighted by Crippen LogP contribution is 2.29. The van der Waals surface area contributed by atoms with Crippen molar-refractivity contribution in [3.8, 4) is 5.75 Å². The van der Waals surface area contributed by atoms with Gasteiger partial charge in [-0.15, -0.1) is 0 Å². The molecule has 1 fully saturated rings. The first-order valence-corrected chi connectivity index (χ1v) is 7.48. The van der Waals surface area contributed by atoms with E-state index in [1.54, 1.807) is 7.11 Å². The lowest BCUT2D eigenvalue weighted by atomic mass is 9.92. The predicted octanol–water partition coefficient (Wildman–Crippen LogP) is 2.31. The van der Waals surface area contributed by atoms with Crippen LogP contribution in [0.1, 0.15) is 32.1 Å². The van der Waals surface area contributed by atoms with Crippen LogP contribution in [-0.2, 0) is 9.53 Å². The molecule has 0 radical (unpaired) electrons. The highest BCUT2D eigenvalue weighted by molar-refractivity contribution is 5.73. The van der Waals surface area contributed by atoms with Crippen LogP contribution in [-0.4, -0.2) is 31.8 Å². The third-order valence-corrected chi connectivity index (χ3v) is 3.81. The third kappa shape index (κ3) is 4.93. The van der Waals surface area contributed by atoms with Gasteiger partial charge in [-0.25, -0.2) is 0 Å². The summed E-state index contributed by atoms with van der Waals surface area (Å²) in [6.45, 7) is 0.305. The molecule has 1 saturated carbocycles. The van der Waals surface area contributed by atoms with E-state index in [2.05, 4.69) is 5.32 Å². The second-order valence-corrected chi connectivity index (χ2v) is 5.43. The molecule has 5 nitrogen and oxygen atoms in total. The lowest BCUT2D eigenvalue weighted by Gasteiger charge is -2.30. The highest BCUT2D eigenvalue weighted by Gasteiger charge is 2.22. The molecule has 3 N–H and O–H groups in total. The normalized spacial score (nSPS) is 21.8. The maximum atomic E-state index is 10.8. The number of nitrogens with two attached hydrogens (primary N) is 1. The van der Waals surface area contributed by atoms with Crippen molar-refractivity contribution in [2.45, 2.75) is 44.2 Å². The van der Waals surface area contributed by atoms with Gasteiger partial charge in [-0.3, -0.25) is 4.79 Å². The number of primary amides is 1. The Bertz CT molecular complexity index is 465. The van der Waals surface area contributed by atoms with Gasteiger partial charge in [0.05, 0.1) is 24.8 Å². The molecule has 0 aromatic heterocycles. The number of para-hydroxylation sites is 2. The standard InChI is InChI=1S/C16H24N2O3/c1-20-13-6-4-5-12(11-13)18-14-7-2-3-8-15(14)21-10-9-16(17)19/h2-3,7-8,12-13,18H,4-6,9-11H2,1H3,(H2,17,19). The van der Waals surface area contributed by atoms with Crippen LogP contribution in [0, 0.1) is 0 Å². The fourth-order valence-corrected chi connectivity index (χ4v) is 2.68. The molecule has 0 heterocycles. The molecule has 5 heteroatoms. The van der Waals surface area contributed by atoms with Crippen LogP contribution < -0.4 is 15.8 Å². The molecule has 0 aliphatic heterocycles. The fourth-order valence-electron chi connectivity index (χ4n) is 2.68. The Morgan fingerprint density at radius 1 is 1.38 bits per heavy atom. The summed E-state index contributed by atoms with van der Waals surface area (Å²) in [7, 11) is 1.77. The number of carbonyl (C=O) groups is 1. The number of nitrogens with one attached hydrogen (secondary N) is 1. The molecule has 1 amide bonds. The summed E-state index contributed by atoms with van der Waals surface area (Å²) in [5.41, 5.74) is 6.09. The zero-order valence-corrected chi connectivity index (χ0v) is 12.5. The maximum Gasteiger partial charge on any atom is 0.220 e. The van der Waals surface area contributed by atoms with Crippen LogP contribution in [0.4, 0.5) is 5.69 Å². The Morgan fingerprint density at radius 3 is 2.95 bits per heavy atom. The molecule has 1 aliphatic rings. The smallest absolute Gasteiger partial charge is 0.220 e. The van der Waals surface area contributed by atoms with E-state index in [1.165, 1.54) is 6.42 Å². The third-order valence-electron chi connectivity index (χ3n) is 3.81. The average Bonchev–Trinajstić information content (AvgIpc) is 2.49. The second-order valence-electron chi connectivity index (χ2n) is 5.43. The first-order chi connectivity index (χ1) is 10.2. The fraction of sp³-hybridized carbons (Fsp3) is 0.562. The first-order valence-electron chi connectivity index (χ1n) is 7.48. The summed E-state index contributed by atoms with van der Waals surface area (Å²) in [5, 5.41) is 3.53. The van der Waals surface area contributed by atoms with E-state index in [0.717, 1.165) is 30.7 Å². The lowest BCUT2D eigenvalue weighted by molar-refractivity contribution is -0.118. The topological polar surface area (TPSA) is 73.6 Å². The van der Waals surface area contributed by atoms with Gasteiger partial charge < -0.3 is 20.5 Å². The monoisotopic (exact) mass is 292 g/mol. The van der Waals surface area contributed by atoms with Crippen LogP contribution in [0.2, 0.25) is 0 Å². The number of methoxy groups -OCH3 is 1. The van der Waals surface area contributed by atoms with Gasteiger partial charge in [-0.2, -0.15) is 0 Å². The van der Waals surface area contributed by atoms with Crippen LogP contribution >= 0.6 is 0 Å². The molecule has 2 unspecified atom stereocenters. The number of hydrogen-bond acceptors (Lipinski definition) is 4. The summed E-state index contributed by atoms with van der Waals surface area (Å²) < 4.78 is 11.1. The minimum absolute atomic E-state index is 0.226. The maximum absolute atomic E-state index is 10.8. The number of benzene rings is 1. The number of hydrogen-bond donors (Lipinski definition) is 2. The van der Waals surface area contributed by atoms with Crippen molar-refractivity contribution < 1.29 is 14.3 Å². The van der Waals surface area contributed by atoms with Crippen molar-refractivity contribution >= 4 is 11.6 Å². The molecule has 1 aliphatic carbocycles. The summed E-state index contributed by atoms with van der Waals surface area (Å²) in [6, 6.07) is 8.18. The number of ether oxygens (including phenoxy) is 2. The lowest BCUT2D eigenvalue weighted by Crippen LogP contribution is -2.31. The summed E-state index contributed by atoms with van der Waals surface area (Å²) >= 11 is 0. The minimum atomic E-state index is -0.351. The molecule has 0 bridgehead atoms. The summed E-state index contributed by atoms with van der Waals surface area (Å²) in [6.07, 6.45) is 5.00. The zero-order valence-electron chi connectivity index (χ0n) is 12.5. The molecule has 21 heavy (non-hydrogen) atoms. The van der Waals surface area contributed by atoms with Crippen LogP contribution in [0.25, 0.3) is 0 Å². The van der Waals surface area contributed by atoms with Crippen molar-refractivity contribution in [1.82, 2.24) is 0 Å². The Balaban J connectivity index is 1.94. The molecule has 1 aromatic rings. The van der Waals surface area contributed by atoms with Crippen molar-refractivity contribution in [3.05, 3.63) is 24.3 Å². The van der Waals surface area contributed by atoms with Crippen LogP contribution in [0.5, 0.6) is 5.75 Å². The molecular formula is C16H24N2O3. The van der Waals surface area contributed by atoms with Crippen LogP contribution in [0.15, 0.2) is 24.3 Å². The van der Waals surface area contributed by atoms with Gasteiger partial charge in [-0.1, -0.05) is 12.1 Å². The van der Waals surface area contributed by atoms with Crippen molar-refractivity contribution in [2.24, 2.45) is 5.73 Å². The second kappa shape index (κ2) is 7.88. The Labute approximate surface area is 125 Å². The van der Waals surface area contributed by atoms with E-state index >= 15 is 0 Å². The highest BCUT2D eigenvalue weighted by atomic mass is 16.5. The van der Waals surface area contributed by atoms with E-state index in [0.29, 0.717) is 18.8 Å². The van der Waals surface area contributed by atoms with E-state index < -0.39 is 0 Å². The zero-order chi connectivity index (χ0) is 15.1. The molecule has 0 spiro atoms. The minimum Gasteiger partial charge on any atom is -0.491 e. The Kier molecular flexibility index (Phi) is 5.87. The molecule has 1 aromatic carbocycles. The molecule has 116 valence electrons. The number of anilines is 1. The number of rotatable bonds is 7. The average molecular weight is 292 g/mol. The quantitative estimate of drug-likeness (QED) is 0.809. The van der Waals surface area contributed by atoms with E-state index in [4.69, 9.17) is 15.2 Å². The SMILES string of the molecule is COC1CCCC(Nc2ccccc2OCCC(N)=O)C1. The van der Waals surface area contributed by atoms with E-state index in [9.17, 15) is 4.79 Å². The van der Waals surface area contributed by atoms with Crippen molar-refractivity contribution in [2.75, 3.05) is 19.0 Å². The Hall–Kier alpha value is -1.75. The van der Waals surface area contributed by atoms with Gasteiger partial charge in [0.15, 0.2) is 0 Å². The predicted molar refractivity (Wildman–Crippen MR) is 82.4 cm³/mol. The van der Waals surface area contributed by atoms with Gasteiger partial charge in [-0.05, 0) is 37.8 Å². The molecule has 2 atom stereocenters. The summed E-state index contributed by atoms with van der Waals surface area (Å²) in [4.78, 5) is 10.8. The van der Waals surface area contributed by atoms with E-state index in [-0.39, 0.29) is 12.3 Å². The van der Waals surface area contributed by atoms with Crippen molar-refractivity contribution in [3.63, 3.8) is 0 Å². The molecule has 2 rings (SSSR count). The Morgan fingerprint density at radius 2 is 2.19 bits per heavy atom. The summed E-state index contributed by atoms with van der Waals surface area (Å²) in [5.74, 6) is 0.411.